The molecular weight excluding hydrogens is 280 g/mol. The van der Waals surface area contributed by atoms with Crippen molar-refractivity contribution in [1.82, 2.24) is 10.2 Å². The second-order valence-electron chi connectivity index (χ2n) is 5.54. The summed E-state index contributed by atoms with van der Waals surface area (Å²) in [5.41, 5.74) is 1.06. The number of ether oxygens (including phenoxy) is 1. The van der Waals surface area contributed by atoms with E-state index in [9.17, 15) is 9.59 Å². The van der Waals surface area contributed by atoms with Gasteiger partial charge in [-0.05, 0) is 31.9 Å². The van der Waals surface area contributed by atoms with E-state index in [1.807, 2.05) is 38.1 Å². The molecule has 22 heavy (non-hydrogen) atoms. The highest BCUT2D eigenvalue weighted by Gasteiger charge is 2.12. The molecule has 0 bridgehead atoms. The van der Waals surface area contributed by atoms with Crippen LogP contribution in [0.4, 0.5) is 0 Å². The molecule has 1 rings (SSSR count). The number of hydrogen-bond acceptors (Lipinski definition) is 3. The SMILES string of the molecule is COc1ccccc1CCN(CCC(=O)NC(C)C)C(C)=O. The first-order valence-corrected chi connectivity index (χ1v) is 7.60. The highest BCUT2D eigenvalue weighted by Crippen LogP contribution is 2.18. The van der Waals surface area contributed by atoms with Crippen molar-refractivity contribution < 1.29 is 14.3 Å². The smallest absolute Gasteiger partial charge is 0.221 e. The van der Waals surface area contributed by atoms with Crippen LogP contribution < -0.4 is 10.1 Å². The van der Waals surface area contributed by atoms with Gasteiger partial charge < -0.3 is 15.0 Å². The Morgan fingerprint density at radius 2 is 1.91 bits per heavy atom. The number of carbonyl (C=O) groups excluding carboxylic acids is 2. The summed E-state index contributed by atoms with van der Waals surface area (Å²) < 4.78 is 5.31. The maximum Gasteiger partial charge on any atom is 0.221 e. The fourth-order valence-corrected chi connectivity index (χ4v) is 2.22. The van der Waals surface area contributed by atoms with Gasteiger partial charge in [-0.2, -0.15) is 0 Å². The molecule has 0 saturated heterocycles. The molecule has 0 saturated carbocycles. The zero-order valence-electron chi connectivity index (χ0n) is 13.9. The van der Waals surface area contributed by atoms with Crippen LogP contribution in [-0.4, -0.2) is 43.0 Å². The maximum absolute atomic E-state index is 11.7. The monoisotopic (exact) mass is 306 g/mol. The van der Waals surface area contributed by atoms with Gasteiger partial charge in [-0.3, -0.25) is 9.59 Å². The molecule has 0 spiro atoms. The molecule has 1 aromatic rings. The van der Waals surface area contributed by atoms with Gasteiger partial charge in [-0.15, -0.1) is 0 Å². The van der Waals surface area contributed by atoms with Crippen molar-refractivity contribution in [2.75, 3.05) is 20.2 Å². The van der Waals surface area contributed by atoms with Crippen LogP contribution in [0.3, 0.4) is 0 Å². The summed E-state index contributed by atoms with van der Waals surface area (Å²) in [6, 6.07) is 7.88. The van der Waals surface area contributed by atoms with E-state index in [4.69, 9.17) is 4.74 Å². The standard InChI is InChI=1S/C17H26N2O3/c1-13(2)18-17(21)10-12-19(14(3)20)11-9-15-7-5-6-8-16(15)22-4/h5-8,13H,9-12H2,1-4H3,(H,18,21). The first-order chi connectivity index (χ1) is 10.4. The van der Waals surface area contributed by atoms with E-state index in [1.165, 1.54) is 6.92 Å². The minimum absolute atomic E-state index is 0.0211. The van der Waals surface area contributed by atoms with Crippen LogP contribution in [0.25, 0.3) is 0 Å². The summed E-state index contributed by atoms with van der Waals surface area (Å²) in [6.07, 6.45) is 1.03. The largest absolute Gasteiger partial charge is 0.496 e. The van der Waals surface area contributed by atoms with Crippen molar-refractivity contribution in [2.45, 2.75) is 39.7 Å². The van der Waals surface area contributed by atoms with Crippen molar-refractivity contribution in [1.29, 1.82) is 0 Å². The Kier molecular flexibility index (Phi) is 7.43. The summed E-state index contributed by atoms with van der Waals surface area (Å²) >= 11 is 0. The Morgan fingerprint density at radius 1 is 1.23 bits per heavy atom. The van der Waals surface area contributed by atoms with E-state index in [2.05, 4.69) is 5.32 Å². The molecule has 122 valence electrons. The van der Waals surface area contributed by atoms with Gasteiger partial charge in [0.05, 0.1) is 7.11 Å². The Balaban J connectivity index is 2.54. The summed E-state index contributed by atoms with van der Waals surface area (Å²) in [4.78, 5) is 25.1. The lowest BCUT2D eigenvalue weighted by molar-refractivity contribution is -0.129. The number of para-hydroxylation sites is 1. The first kappa shape index (κ1) is 18.0. The zero-order chi connectivity index (χ0) is 16.5. The van der Waals surface area contributed by atoms with Gasteiger partial charge in [0.25, 0.3) is 0 Å². The van der Waals surface area contributed by atoms with Crippen molar-refractivity contribution in [3.63, 3.8) is 0 Å². The molecule has 0 radical (unpaired) electrons. The third-order valence-electron chi connectivity index (χ3n) is 3.35. The van der Waals surface area contributed by atoms with Crippen molar-refractivity contribution in [3.8, 4) is 5.75 Å². The minimum atomic E-state index is -0.0291. The average Bonchev–Trinajstić information content (AvgIpc) is 2.46. The number of benzene rings is 1. The second-order valence-corrected chi connectivity index (χ2v) is 5.54. The topological polar surface area (TPSA) is 58.6 Å². The van der Waals surface area contributed by atoms with E-state index in [1.54, 1.807) is 12.0 Å². The molecule has 5 nitrogen and oxygen atoms in total. The van der Waals surface area contributed by atoms with Gasteiger partial charge in [0.1, 0.15) is 5.75 Å². The Morgan fingerprint density at radius 3 is 2.50 bits per heavy atom. The van der Waals surface area contributed by atoms with Crippen molar-refractivity contribution in [3.05, 3.63) is 29.8 Å². The van der Waals surface area contributed by atoms with Crippen molar-refractivity contribution in [2.24, 2.45) is 0 Å². The van der Waals surface area contributed by atoms with Crippen LogP contribution in [0.1, 0.15) is 32.8 Å². The molecule has 0 unspecified atom stereocenters. The summed E-state index contributed by atoms with van der Waals surface area (Å²) in [7, 11) is 1.64. The lowest BCUT2D eigenvalue weighted by Crippen LogP contribution is -2.37. The van der Waals surface area contributed by atoms with Crippen molar-refractivity contribution >= 4 is 11.8 Å². The molecule has 0 aliphatic heterocycles. The number of nitrogens with zero attached hydrogens (tertiary/aromatic N) is 1. The number of methoxy groups -OCH3 is 1. The summed E-state index contributed by atoms with van der Waals surface area (Å²) in [5.74, 6) is 0.773. The van der Waals surface area contributed by atoms with Crippen LogP contribution in [0, 0.1) is 0 Å². The zero-order valence-corrected chi connectivity index (χ0v) is 13.9. The van der Waals surface area contributed by atoms with Crippen LogP contribution in [0.5, 0.6) is 5.75 Å². The molecular formula is C17H26N2O3. The van der Waals surface area contributed by atoms with Gasteiger partial charge in [0.15, 0.2) is 0 Å². The number of hydrogen-bond donors (Lipinski definition) is 1. The van der Waals surface area contributed by atoms with Gasteiger partial charge in [0.2, 0.25) is 11.8 Å². The molecule has 2 amide bonds. The summed E-state index contributed by atoms with van der Waals surface area (Å²) in [5, 5.41) is 2.83. The predicted molar refractivity (Wildman–Crippen MR) is 86.8 cm³/mol. The lowest BCUT2D eigenvalue weighted by Gasteiger charge is -2.21. The molecule has 0 atom stereocenters. The molecule has 1 N–H and O–H groups in total. The van der Waals surface area contributed by atoms with E-state index in [0.29, 0.717) is 25.9 Å². The van der Waals surface area contributed by atoms with Crippen LogP contribution in [0.15, 0.2) is 24.3 Å². The molecule has 0 fully saturated rings. The molecule has 0 aromatic heterocycles. The normalized spacial score (nSPS) is 10.4. The number of amides is 2. The quantitative estimate of drug-likeness (QED) is 0.799. The average molecular weight is 306 g/mol. The molecule has 0 heterocycles. The van der Waals surface area contributed by atoms with Crippen LogP contribution >= 0.6 is 0 Å². The molecule has 1 aromatic carbocycles. The van der Waals surface area contributed by atoms with Crippen LogP contribution in [0.2, 0.25) is 0 Å². The fourth-order valence-electron chi connectivity index (χ4n) is 2.22. The van der Waals surface area contributed by atoms with Gasteiger partial charge in [-0.1, -0.05) is 18.2 Å². The second kappa shape index (κ2) is 9.07. The first-order valence-electron chi connectivity index (χ1n) is 7.60. The lowest BCUT2D eigenvalue weighted by atomic mass is 10.1. The maximum atomic E-state index is 11.7. The minimum Gasteiger partial charge on any atom is -0.496 e. The number of carbonyl (C=O) groups is 2. The third-order valence-corrected chi connectivity index (χ3v) is 3.35. The molecule has 5 heteroatoms. The number of rotatable bonds is 8. The number of nitrogens with one attached hydrogen (secondary N) is 1. The van der Waals surface area contributed by atoms with E-state index < -0.39 is 0 Å². The van der Waals surface area contributed by atoms with E-state index >= 15 is 0 Å². The van der Waals surface area contributed by atoms with Gasteiger partial charge in [0, 0.05) is 32.5 Å². The van der Waals surface area contributed by atoms with E-state index in [0.717, 1.165) is 11.3 Å². The highest BCUT2D eigenvalue weighted by molar-refractivity contribution is 5.78. The Hall–Kier alpha value is -2.04. The van der Waals surface area contributed by atoms with E-state index in [-0.39, 0.29) is 17.9 Å². The predicted octanol–water partition coefficient (Wildman–Crippen LogP) is 2.00. The van der Waals surface area contributed by atoms with Crippen LogP contribution in [-0.2, 0) is 16.0 Å². The fraction of sp³-hybridized carbons (Fsp3) is 0.529. The highest BCUT2D eigenvalue weighted by atomic mass is 16.5. The van der Waals surface area contributed by atoms with Gasteiger partial charge in [-0.25, -0.2) is 0 Å². The summed E-state index contributed by atoms with van der Waals surface area (Å²) in [6.45, 7) is 6.38. The molecule has 0 aliphatic rings. The van der Waals surface area contributed by atoms with Gasteiger partial charge >= 0.3 is 0 Å². The third kappa shape index (κ3) is 6.16. The molecule has 0 aliphatic carbocycles. The Bertz CT molecular complexity index is 500. The Labute approximate surface area is 132 Å².